The van der Waals surface area contributed by atoms with Crippen molar-refractivity contribution in [3.8, 4) is 0 Å². The van der Waals surface area contributed by atoms with Crippen LogP contribution in [0.5, 0.6) is 0 Å². The molecule has 0 aromatic rings. The van der Waals surface area contributed by atoms with Gasteiger partial charge in [0.2, 0.25) is 11.8 Å². The number of carboxylic acid groups (broad SMARTS) is 1. The molecule has 0 spiro atoms. The molecule has 8 nitrogen and oxygen atoms in total. The molecule has 0 bridgehead atoms. The molecular formula is C27H39NO7. The number of ketones is 1. The summed E-state index contributed by atoms with van der Waals surface area (Å²) in [7, 11) is 1.52. The second kappa shape index (κ2) is 15.9. The molecular weight excluding hydrogens is 450 g/mol. The van der Waals surface area contributed by atoms with Gasteiger partial charge in [0.1, 0.15) is 6.10 Å². The van der Waals surface area contributed by atoms with Crippen LogP contribution in [0.1, 0.15) is 65.7 Å². The number of piperidine rings is 1. The van der Waals surface area contributed by atoms with Gasteiger partial charge in [-0.3, -0.25) is 19.7 Å². The fourth-order valence-corrected chi connectivity index (χ4v) is 4.03. The third-order valence-electron chi connectivity index (χ3n) is 5.89. The summed E-state index contributed by atoms with van der Waals surface area (Å²) in [5, 5.41) is 21.5. The van der Waals surface area contributed by atoms with Gasteiger partial charge in [0, 0.05) is 38.4 Å². The first kappa shape index (κ1) is 30.2. The molecule has 1 heterocycles. The van der Waals surface area contributed by atoms with Crippen molar-refractivity contribution in [3.63, 3.8) is 0 Å². The molecule has 1 fully saturated rings. The summed E-state index contributed by atoms with van der Waals surface area (Å²) >= 11 is 0. The van der Waals surface area contributed by atoms with Gasteiger partial charge in [-0.05, 0) is 51.0 Å². The first-order valence-electron chi connectivity index (χ1n) is 12.0. The number of unbranched alkanes of at least 4 members (excludes halogenated alkanes) is 1. The zero-order valence-electron chi connectivity index (χ0n) is 21.2. The molecule has 1 aliphatic heterocycles. The number of allylic oxidation sites excluding steroid dienone is 5. The van der Waals surface area contributed by atoms with Crippen molar-refractivity contribution >= 4 is 23.6 Å². The van der Waals surface area contributed by atoms with Gasteiger partial charge >= 0.3 is 5.97 Å². The summed E-state index contributed by atoms with van der Waals surface area (Å²) in [6, 6.07) is 0. The van der Waals surface area contributed by atoms with E-state index in [-0.39, 0.29) is 29.4 Å². The zero-order chi connectivity index (χ0) is 26.4. The van der Waals surface area contributed by atoms with E-state index in [9.17, 15) is 24.3 Å². The van der Waals surface area contributed by atoms with Crippen molar-refractivity contribution in [2.24, 2.45) is 11.8 Å². The third-order valence-corrected chi connectivity index (χ3v) is 5.89. The number of hydrogen-bond donors (Lipinski definition) is 3. The topological polar surface area (TPSA) is 130 Å². The highest BCUT2D eigenvalue weighted by Gasteiger charge is 2.24. The lowest BCUT2D eigenvalue weighted by Gasteiger charge is -2.23. The maximum Gasteiger partial charge on any atom is 0.327 e. The molecule has 0 aliphatic carbocycles. The predicted molar refractivity (Wildman–Crippen MR) is 133 cm³/mol. The Morgan fingerprint density at radius 1 is 1.14 bits per heavy atom. The summed E-state index contributed by atoms with van der Waals surface area (Å²) in [6.45, 7) is 5.51. The number of imide groups is 1. The largest absolute Gasteiger partial charge is 0.478 e. The molecule has 35 heavy (non-hydrogen) atoms. The number of rotatable bonds is 15. The number of carbonyl (C=O) groups excluding carboxylic acids is 3. The second-order valence-electron chi connectivity index (χ2n) is 9.10. The number of ether oxygens (including phenoxy) is 1. The summed E-state index contributed by atoms with van der Waals surface area (Å²) < 4.78 is 5.39. The van der Waals surface area contributed by atoms with Gasteiger partial charge in [-0.2, -0.15) is 0 Å². The first-order valence-corrected chi connectivity index (χ1v) is 12.0. The molecule has 0 radical (unpaired) electrons. The Balaban J connectivity index is 2.56. The van der Waals surface area contributed by atoms with Crippen molar-refractivity contribution in [3.05, 3.63) is 47.6 Å². The van der Waals surface area contributed by atoms with Gasteiger partial charge in [-0.1, -0.05) is 42.9 Å². The van der Waals surface area contributed by atoms with Gasteiger partial charge in [0.05, 0.1) is 6.10 Å². The van der Waals surface area contributed by atoms with E-state index in [0.717, 1.165) is 11.6 Å². The fourth-order valence-electron chi connectivity index (χ4n) is 4.03. The van der Waals surface area contributed by atoms with Crippen LogP contribution in [0, 0.1) is 11.8 Å². The van der Waals surface area contributed by atoms with Crippen molar-refractivity contribution in [2.75, 3.05) is 7.11 Å². The Hall–Kier alpha value is -2.84. The number of carboxylic acids is 1. The summed E-state index contributed by atoms with van der Waals surface area (Å²) in [6.07, 6.45) is 12.2. The zero-order valence-corrected chi connectivity index (χ0v) is 21.2. The lowest BCUT2D eigenvalue weighted by atomic mass is 9.90. The molecule has 0 aromatic heterocycles. The molecule has 3 N–H and O–H groups in total. The minimum absolute atomic E-state index is 0.00120. The molecule has 2 amide bonds. The Morgan fingerprint density at radius 3 is 2.37 bits per heavy atom. The van der Waals surface area contributed by atoms with Crippen LogP contribution >= 0.6 is 0 Å². The van der Waals surface area contributed by atoms with Crippen LogP contribution in [0.4, 0.5) is 0 Å². The summed E-state index contributed by atoms with van der Waals surface area (Å²) in [4.78, 5) is 45.9. The van der Waals surface area contributed by atoms with Crippen LogP contribution < -0.4 is 5.32 Å². The molecule has 3 atom stereocenters. The molecule has 0 unspecified atom stereocenters. The maximum atomic E-state index is 12.5. The van der Waals surface area contributed by atoms with Gasteiger partial charge < -0.3 is 14.9 Å². The van der Waals surface area contributed by atoms with Crippen molar-refractivity contribution in [1.29, 1.82) is 0 Å². The van der Waals surface area contributed by atoms with E-state index in [1.807, 2.05) is 26.0 Å². The Kier molecular flexibility index (Phi) is 13.8. The number of methoxy groups -OCH3 is 1. The highest BCUT2D eigenvalue weighted by molar-refractivity contribution is 5.97. The normalized spacial score (nSPS) is 18.7. The van der Waals surface area contributed by atoms with E-state index in [1.165, 1.54) is 7.11 Å². The quantitative estimate of drug-likeness (QED) is 0.105. The number of nitrogens with one attached hydrogen (secondary N) is 1. The number of Topliss-reactive ketones (excluding diaryl/α,β-unsaturated/α-hetero) is 1. The van der Waals surface area contributed by atoms with Crippen molar-refractivity contribution in [2.45, 2.75) is 77.9 Å². The smallest absolute Gasteiger partial charge is 0.327 e. The van der Waals surface area contributed by atoms with Gasteiger partial charge in [0.25, 0.3) is 0 Å². The van der Waals surface area contributed by atoms with Crippen LogP contribution in [-0.2, 0) is 23.9 Å². The number of carbonyl (C=O) groups is 4. The number of amides is 2. The van der Waals surface area contributed by atoms with Crippen molar-refractivity contribution < 1.29 is 34.1 Å². The van der Waals surface area contributed by atoms with Crippen molar-refractivity contribution in [1.82, 2.24) is 5.32 Å². The van der Waals surface area contributed by atoms with Crippen LogP contribution in [0.15, 0.2) is 47.6 Å². The van der Waals surface area contributed by atoms with Gasteiger partial charge in [0.15, 0.2) is 5.78 Å². The minimum Gasteiger partial charge on any atom is -0.478 e. The van der Waals surface area contributed by atoms with Gasteiger partial charge in [-0.15, -0.1) is 0 Å². The van der Waals surface area contributed by atoms with Crippen LogP contribution in [0.25, 0.3) is 0 Å². The molecule has 1 aliphatic rings. The average molecular weight is 490 g/mol. The molecule has 8 heteroatoms. The SMILES string of the molecule is CO[C@@H](/C=C/CC/C=C/C(=O)O)[C@@H](O)[C@@H](C)/C=C(C)/C=C(\C)C(=O)CCCC1CC(=O)NC(=O)C1. The van der Waals surface area contributed by atoms with Crippen LogP contribution in [0.2, 0.25) is 0 Å². The van der Waals surface area contributed by atoms with E-state index in [1.54, 1.807) is 25.2 Å². The fraction of sp³-hybridized carbons (Fsp3) is 0.556. The minimum atomic E-state index is -0.978. The highest BCUT2D eigenvalue weighted by Crippen LogP contribution is 2.21. The molecule has 1 rings (SSSR count). The third kappa shape index (κ3) is 12.4. The van der Waals surface area contributed by atoms with E-state index in [0.29, 0.717) is 50.5 Å². The number of hydrogen-bond acceptors (Lipinski definition) is 6. The van der Waals surface area contributed by atoms with E-state index < -0.39 is 18.2 Å². The molecule has 0 aromatic carbocycles. The lowest BCUT2D eigenvalue weighted by molar-refractivity contribution is -0.135. The Bertz CT molecular complexity index is 853. The van der Waals surface area contributed by atoms with E-state index >= 15 is 0 Å². The first-order chi connectivity index (χ1) is 16.5. The average Bonchev–Trinajstić information content (AvgIpc) is 2.77. The lowest BCUT2D eigenvalue weighted by Crippen LogP contribution is -2.38. The summed E-state index contributed by atoms with van der Waals surface area (Å²) in [5.74, 6) is -1.68. The van der Waals surface area contributed by atoms with E-state index in [2.05, 4.69) is 5.32 Å². The van der Waals surface area contributed by atoms with Crippen LogP contribution in [-0.4, -0.2) is 53.1 Å². The molecule has 0 saturated carbocycles. The molecule has 1 saturated heterocycles. The summed E-state index contributed by atoms with van der Waals surface area (Å²) in [5.41, 5.74) is 1.48. The highest BCUT2D eigenvalue weighted by atomic mass is 16.5. The Morgan fingerprint density at radius 2 is 1.77 bits per heavy atom. The molecule has 194 valence electrons. The van der Waals surface area contributed by atoms with Gasteiger partial charge in [-0.25, -0.2) is 4.79 Å². The number of aliphatic hydroxyl groups excluding tert-OH is 1. The number of aliphatic carboxylic acids is 1. The second-order valence-corrected chi connectivity index (χ2v) is 9.10. The standard InChI is InChI=1S/C27H39NO7/c1-18(14-19(2)22(29)11-9-10-21-16-24(30)28-25(31)17-21)15-20(3)27(34)23(35-4)12-7-5-6-8-13-26(32)33/h7-8,12-15,20-21,23,27,34H,5-6,9-11,16-17H2,1-4H3,(H,32,33)(H,28,30,31)/b12-7+,13-8+,18-15+,19-14+/t20-,23-,27-/m0/s1. The van der Waals surface area contributed by atoms with Crippen LogP contribution in [0.3, 0.4) is 0 Å². The van der Waals surface area contributed by atoms with E-state index in [4.69, 9.17) is 9.84 Å². The number of aliphatic hydroxyl groups is 1. The Labute approximate surface area is 207 Å². The predicted octanol–water partition coefficient (Wildman–Crippen LogP) is 3.66. The monoisotopic (exact) mass is 489 g/mol. The maximum absolute atomic E-state index is 12.5.